The Bertz CT molecular complexity index is 595. The number of rotatable bonds is 4. The Morgan fingerprint density at radius 3 is 2.65 bits per heavy atom. The van der Waals surface area contributed by atoms with Gasteiger partial charge in [-0.1, -0.05) is 26.7 Å². The van der Waals surface area contributed by atoms with Gasteiger partial charge >= 0.3 is 0 Å². The average Bonchev–Trinajstić information content (AvgIpc) is 3.08. The number of imidazole rings is 1. The van der Waals surface area contributed by atoms with Crippen molar-refractivity contribution in [2.45, 2.75) is 64.3 Å². The fourth-order valence-electron chi connectivity index (χ4n) is 3.48. The van der Waals surface area contributed by atoms with Gasteiger partial charge in [0.15, 0.2) is 5.65 Å². The van der Waals surface area contributed by atoms with E-state index in [1.54, 1.807) is 0 Å². The smallest absolute Gasteiger partial charge is 0.296 e. The predicted octanol–water partition coefficient (Wildman–Crippen LogP) is 4.16. The molecule has 0 unspecified atom stereocenters. The number of aromatic nitrogens is 3. The van der Waals surface area contributed by atoms with Crippen LogP contribution in [-0.2, 0) is 0 Å². The molecule has 20 heavy (non-hydrogen) atoms. The van der Waals surface area contributed by atoms with Gasteiger partial charge in [0.25, 0.3) is 6.01 Å². The van der Waals surface area contributed by atoms with Crippen LogP contribution in [0.4, 0.5) is 0 Å². The maximum Gasteiger partial charge on any atom is 0.296 e. The molecule has 0 aromatic carbocycles. The molecule has 1 aliphatic carbocycles. The molecule has 0 radical (unpaired) electrons. The summed E-state index contributed by atoms with van der Waals surface area (Å²) < 4.78 is 1.96. The maximum atomic E-state index is 10.1. The number of hydrogen-bond acceptors (Lipinski definition) is 3. The summed E-state index contributed by atoms with van der Waals surface area (Å²) in [6.07, 6.45) is 9.09. The Labute approximate surface area is 119 Å². The summed E-state index contributed by atoms with van der Waals surface area (Å²) in [6, 6.07) is 2.59. The molecule has 2 aromatic rings. The van der Waals surface area contributed by atoms with Crippen LogP contribution in [0.2, 0.25) is 0 Å². The van der Waals surface area contributed by atoms with E-state index in [1.165, 1.54) is 31.2 Å². The van der Waals surface area contributed by atoms with Gasteiger partial charge in [-0.25, -0.2) is 4.98 Å². The number of fused-ring (bicyclic) bond motifs is 1. The van der Waals surface area contributed by atoms with Gasteiger partial charge in [0.05, 0.1) is 5.52 Å². The molecule has 0 atom stereocenters. The van der Waals surface area contributed by atoms with Gasteiger partial charge in [-0.2, -0.15) is 4.98 Å². The Balaban J connectivity index is 2.08. The molecule has 0 amide bonds. The number of hydrogen-bond donors (Lipinski definition) is 1. The van der Waals surface area contributed by atoms with Crippen molar-refractivity contribution in [3.63, 3.8) is 0 Å². The van der Waals surface area contributed by atoms with Gasteiger partial charge in [-0.3, -0.25) is 4.57 Å². The summed E-state index contributed by atoms with van der Waals surface area (Å²) in [6.45, 7) is 4.29. The van der Waals surface area contributed by atoms with E-state index >= 15 is 0 Å². The van der Waals surface area contributed by atoms with E-state index in [0.29, 0.717) is 17.6 Å². The van der Waals surface area contributed by atoms with E-state index in [1.807, 2.05) is 10.8 Å². The first-order valence-corrected chi connectivity index (χ1v) is 7.81. The predicted molar refractivity (Wildman–Crippen MR) is 80.0 cm³/mol. The van der Waals surface area contributed by atoms with E-state index in [0.717, 1.165) is 18.4 Å². The molecular formula is C16H23N3O. The normalized spacial score (nSPS) is 16.6. The molecule has 4 nitrogen and oxygen atoms in total. The zero-order valence-corrected chi connectivity index (χ0v) is 12.3. The topological polar surface area (TPSA) is 50.9 Å². The van der Waals surface area contributed by atoms with Crippen LogP contribution < -0.4 is 0 Å². The van der Waals surface area contributed by atoms with Crippen LogP contribution in [0.5, 0.6) is 6.01 Å². The Kier molecular flexibility index (Phi) is 3.64. The van der Waals surface area contributed by atoms with Crippen LogP contribution in [0.3, 0.4) is 0 Å². The Hall–Kier alpha value is -1.58. The lowest BCUT2D eigenvalue weighted by Gasteiger charge is -2.17. The van der Waals surface area contributed by atoms with Crippen LogP contribution >= 0.6 is 0 Å². The van der Waals surface area contributed by atoms with Crippen LogP contribution in [0, 0.1) is 0 Å². The summed E-state index contributed by atoms with van der Waals surface area (Å²) in [4.78, 5) is 8.67. The molecule has 0 saturated heterocycles. The van der Waals surface area contributed by atoms with Crippen molar-refractivity contribution in [2.75, 3.05) is 0 Å². The van der Waals surface area contributed by atoms with Gasteiger partial charge in [-0.15, -0.1) is 0 Å². The molecule has 0 bridgehead atoms. The van der Waals surface area contributed by atoms with E-state index in [2.05, 4.69) is 29.9 Å². The molecule has 1 aliphatic rings. The minimum atomic E-state index is 0.102. The SMILES string of the molecule is CCC(CC)n1c(O)nc2ncc(C3CCCC3)cc21. The highest BCUT2D eigenvalue weighted by atomic mass is 16.3. The van der Waals surface area contributed by atoms with Crippen molar-refractivity contribution < 1.29 is 5.11 Å². The first-order chi connectivity index (χ1) is 9.74. The van der Waals surface area contributed by atoms with Crippen LogP contribution in [-0.4, -0.2) is 19.6 Å². The zero-order chi connectivity index (χ0) is 14.1. The molecule has 1 N–H and O–H groups in total. The molecule has 1 fully saturated rings. The number of pyridine rings is 1. The summed E-state index contributed by atoms with van der Waals surface area (Å²) in [5, 5.41) is 10.1. The minimum absolute atomic E-state index is 0.102. The van der Waals surface area contributed by atoms with Crippen LogP contribution in [0.1, 0.15) is 69.9 Å². The number of nitrogens with zero attached hydrogens (tertiary/aromatic N) is 3. The van der Waals surface area contributed by atoms with Gasteiger partial charge in [0.1, 0.15) is 0 Å². The van der Waals surface area contributed by atoms with Crippen molar-refractivity contribution >= 4 is 11.2 Å². The third kappa shape index (κ3) is 2.17. The lowest BCUT2D eigenvalue weighted by molar-refractivity contribution is 0.361. The van der Waals surface area contributed by atoms with Crippen molar-refractivity contribution in [1.82, 2.24) is 14.5 Å². The summed E-state index contributed by atoms with van der Waals surface area (Å²) in [7, 11) is 0. The summed E-state index contributed by atoms with van der Waals surface area (Å²) >= 11 is 0. The van der Waals surface area contributed by atoms with Crippen LogP contribution in [0.15, 0.2) is 12.3 Å². The fourth-order valence-corrected chi connectivity index (χ4v) is 3.48. The van der Waals surface area contributed by atoms with Crippen molar-refractivity contribution in [2.24, 2.45) is 0 Å². The quantitative estimate of drug-likeness (QED) is 0.910. The second kappa shape index (κ2) is 5.43. The molecule has 1 saturated carbocycles. The Morgan fingerprint density at radius 2 is 2.00 bits per heavy atom. The van der Waals surface area contributed by atoms with E-state index in [4.69, 9.17) is 0 Å². The molecule has 2 aromatic heterocycles. The first kappa shape index (κ1) is 13.4. The van der Waals surface area contributed by atoms with Gasteiger partial charge in [-0.05, 0) is 43.2 Å². The summed E-state index contributed by atoms with van der Waals surface area (Å²) in [5.41, 5.74) is 2.96. The lowest BCUT2D eigenvalue weighted by Crippen LogP contribution is -2.06. The molecular weight excluding hydrogens is 250 g/mol. The standard InChI is InChI=1S/C16H23N3O/c1-3-13(4-2)19-14-9-12(11-7-5-6-8-11)10-17-15(14)18-16(19)20/h9-11,13H,3-8H2,1-2H3,(H,17,18,20). The second-order valence-corrected chi connectivity index (χ2v) is 5.84. The van der Waals surface area contributed by atoms with Crippen molar-refractivity contribution in [1.29, 1.82) is 0 Å². The highest BCUT2D eigenvalue weighted by Gasteiger charge is 2.21. The van der Waals surface area contributed by atoms with E-state index in [9.17, 15) is 5.11 Å². The van der Waals surface area contributed by atoms with E-state index in [-0.39, 0.29) is 6.01 Å². The average molecular weight is 273 g/mol. The molecule has 108 valence electrons. The van der Waals surface area contributed by atoms with E-state index < -0.39 is 0 Å². The van der Waals surface area contributed by atoms with Crippen molar-refractivity contribution in [3.05, 3.63) is 17.8 Å². The lowest BCUT2D eigenvalue weighted by atomic mass is 9.99. The first-order valence-electron chi connectivity index (χ1n) is 7.81. The van der Waals surface area contributed by atoms with Gasteiger partial charge < -0.3 is 5.11 Å². The van der Waals surface area contributed by atoms with Crippen LogP contribution in [0.25, 0.3) is 11.2 Å². The van der Waals surface area contributed by atoms with Gasteiger partial charge in [0.2, 0.25) is 0 Å². The number of aromatic hydroxyl groups is 1. The fraction of sp³-hybridized carbons (Fsp3) is 0.625. The maximum absolute atomic E-state index is 10.1. The Morgan fingerprint density at radius 1 is 1.30 bits per heavy atom. The molecule has 0 spiro atoms. The third-order valence-corrected chi connectivity index (χ3v) is 4.68. The third-order valence-electron chi connectivity index (χ3n) is 4.68. The highest BCUT2D eigenvalue weighted by Crippen LogP contribution is 2.36. The summed E-state index contributed by atoms with van der Waals surface area (Å²) in [5.74, 6) is 0.638. The molecule has 2 heterocycles. The highest BCUT2D eigenvalue weighted by molar-refractivity contribution is 5.73. The molecule has 0 aliphatic heterocycles. The molecule has 4 heteroatoms. The van der Waals surface area contributed by atoms with Gasteiger partial charge in [0, 0.05) is 12.2 Å². The zero-order valence-electron chi connectivity index (χ0n) is 12.3. The molecule has 3 rings (SSSR count). The van der Waals surface area contributed by atoms with Crippen molar-refractivity contribution in [3.8, 4) is 6.01 Å². The second-order valence-electron chi connectivity index (χ2n) is 5.84. The largest absolute Gasteiger partial charge is 0.480 e. The minimum Gasteiger partial charge on any atom is -0.480 e. The monoisotopic (exact) mass is 273 g/mol.